The van der Waals surface area contributed by atoms with Gasteiger partial charge in [-0.1, -0.05) is 42.5 Å². The molecular weight excluding hydrogens is 324 g/mol. The van der Waals surface area contributed by atoms with Gasteiger partial charge in [-0.15, -0.1) is 0 Å². The van der Waals surface area contributed by atoms with E-state index in [0.29, 0.717) is 5.69 Å². The minimum absolute atomic E-state index is 0.163. The first-order valence-electron chi connectivity index (χ1n) is 9.02. The van der Waals surface area contributed by atoms with Gasteiger partial charge in [0.2, 0.25) is 0 Å². The van der Waals surface area contributed by atoms with E-state index in [2.05, 4.69) is 23.5 Å². The van der Waals surface area contributed by atoms with Crippen molar-refractivity contribution < 1.29 is 9.53 Å². The van der Waals surface area contributed by atoms with Crippen molar-refractivity contribution in [1.82, 2.24) is 0 Å². The number of allylic oxidation sites excluding steroid dienone is 1. The molecule has 26 heavy (non-hydrogen) atoms. The normalized spacial score (nSPS) is 17.0. The molecule has 0 spiro atoms. The number of aliphatic imine (C=N–C) groups is 1. The van der Waals surface area contributed by atoms with Gasteiger partial charge in [-0.05, 0) is 62.5 Å². The Labute approximate surface area is 154 Å². The molecule has 4 nitrogen and oxygen atoms in total. The van der Waals surface area contributed by atoms with Crippen LogP contribution in [0.1, 0.15) is 38.7 Å². The highest BCUT2D eigenvalue weighted by molar-refractivity contribution is 6.07. The Bertz CT molecular complexity index is 823. The summed E-state index contributed by atoms with van der Waals surface area (Å²) >= 11 is 0. The standard InChI is InChI=1S/C22H24N2O2/c1-16(2)26-22(25)24-21-13-7-6-12-20(21)23-19-14-8-11-18(19)15-17-9-4-3-5-10-17/h3-7,9-10,12-13,15-16H,8,11,14H2,1-2H3,(H,24,25)/b18-15-,23-19?. The van der Waals surface area contributed by atoms with Gasteiger partial charge in [-0.25, -0.2) is 4.79 Å². The Morgan fingerprint density at radius 3 is 2.58 bits per heavy atom. The molecule has 1 aliphatic carbocycles. The summed E-state index contributed by atoms with van der Waals surface area (Å²) in [5, 5.41) is 2.79. The molecule has 2 aromatic carbocycles. The van der Waals surface area contributed by atoms with Gasteiger partial charge >= 0.3 is 6.09 Å². The third kappa shape index (κ3) is 4.82. The summed E-state index contributed by atoms with van der Waals surface area (Å²) < 4.78 is 5.17. The van der Waals surface area contributed by atoms with E-state index in [1.165, 1.54) is 11.1 Å². The van der Waals surface area contributed by atoms with Gasteiger partial charge in [-0.2, -0.15) is 0 Å². The molecule has 0 atom stereocenters. The van der Waals surface area contributed by atoms with Gasteiger partial charge in [0.1, 0.15) is 0 Å². The Morgan fingerprint density at radius 2 is 1.81 bits per heavy atom. The molecule has 0 aliphatic heterocycles. The van der Waals surface area contributed by atoms with E-state index < -0.39 is 6.09 Å². The first-order chi connectivity index (χ1) is 12.6. The monoisotopic (exact) mass is 348 g/mol. The molecule has 3 rings (SSSR count). The molecule has 0 heterocycles. The zero-order chi connectivity index (χ0) is 18.4. The summed E-state index contributed by atoms with van der Waals surface area (Å²) in [5.74, 6) is 0. The van der Waals surface area contributed by atoms with Crippen molar-refractivity contribution in [3.63, 3.8) is 0 Å². The van der Waals surface area contributed by atoms with Gasteiger partial charge in [0.15, 0.2) is 0 Å². The molecule has 1 N–H and O–H groups in total. The second kappa shape index (κ2) is 8.48. The van der Waals surface area contributed by atoms with Crippen LogP contribution in [-0.2, 0) is 4.74 Å². The Hall–Kier alpha value is -2.88. The van der Waals surface area contributed by atoms with Crippen molar-refractivity contribution in [3.05, 3.63) is 65.7 Å². The predicted octanol–water partition coefficient (Wildman–Crippen LogP) is 5.98. The molecule has 0 radical (unpaired) electrons. The lowest BCUT2D eigenvalue weighted by molar-refractivity contribution is 0.130. The number of benzene rings is 2. The molecule has 1 saturated carbocycles. The van der Waals surface area contributed by atoms with E-state index >= 15 is 0 Å². The lowest BCUT2D eigenvalue weighted by Gasteiger charge is -2.11. The summed E-state index contributed by atoms with van der Waals surface area (Å²) in [4.78, 5) is 16.8. The van der Waals surface area contributed by atoms with Crippen LogP contribution in [0.2, 0.25) is 0 Å². The minimum atomic E-state index is -0.459. The highest BCUT2D eigenvalue weighted by Crippen LogP contribution is 2.30. The highest BCUT2D eigenvalue weighted by Gasteiger charge is 2.16. The second-order valence-electron chi connectivity index (χ2n) is 6.59. The summed E-state index contributed by atoms with van der Waals surface area (Å²) in [6, 6.07) is 17.9. The van der Waals surface area contributed by atoms with E-state index in [-0.39, 0.29) is 6.10 Å². The average Bonchev–Trinajstić information content (AvgIpc) is 3.03. The van der Waals surface area contributed by atoms with Gasteiger partial charge in [0.25, 0.3) is 0 Å². The number of ether oxygens (including phenoxy) is 1. The van der Waals surface area contributed by atoms with Gasteiger partial charge < -0.3 is 4.74 Å². The van der Waals surface area contributed by atoms with Gasteiger partial charge in [0, 0.05) is 5.71 Å². The Balaban J connectivity index is 1.85. The van der Waals surface area contributed by atoms with E-state index in [0.717, 1.165) is 30.7 Å². The van der Waals surface area contributed by atoms with Crippen LogP contribution in [0, 0.1) is 0 Å². The third-order valence-corrected chi connectivity index (χ3v) is 4.11. The first kappa shape index (κ1) is 17.9. The van der Waals surface area contributed by atoms with Crippen LogP contribution in [0.25, 0.3) is 6.08 Å². The fourth-order valence-electron chi connectivity index (χ4n) is 2.96. The Kier molecular flexibility index (Phi) is 5.84. The Morgan fingerprint density at radius 1 is 1.08 bits per heavy atom. The average molecular weight is 348 g/mol. The van der Waals surface area contributed by atoms with E-state index in [1.807, 2.05) is 56.3 Å². The maximum atomic E-state index is 11.9. The number of amides is 1. The maximum Gasteiger partial charge on any atom is 0.411 e. The van der Waals surface area contributed by atoms with Crippen molar-refractivity contribution in [3.8, 4) is 0 Å². The van der Waals surface area contributed by atoms with Gasteiger partial charge in [-0.3, -0.25) is 10.3 Å². The summed E-state index contributed by atoms with van der Waals surface area (Å²) in [6.45, 7) is 3.65. The molecule has 1 aliphatic rings. The van der Waals surface area contributed by atoms with Crippen molar-refractivity contribution >= 4 is 29.3 Å². The van der Waals surface area contributed by atoms with Crippen LogP contribution >= 0.6 is 0 Å². The van der Waals surface area contributed by atoms with Crippen molar-refractivity contribution in [2.45, 2.75) is 39.2 Å². The molecule has 0 unspecified atom stereocenters. The molecule has 1 fully saturated rings. The summed E-state index contributed by atoms with van der Waals surface area (Å²) in [5.41, 5.74) is 4.95. The van der Waals surface area contributed by atoms with Crippen LogP contribution in [0.5, 0.6) is 0 Å². The number of rotatable bonds is 4. The summed E-state index contributed by atoms with van der Waals surface area (Å²) in [7, 11) is 0. The molecular formula is C22H24N2O2. The number of para-hydroxylation sites is 2. The van der Waals surface area contributed by atoms with Crippen LogP contribution in [0.4, 0.5) is 16.2 Å². The molecule has 0 saturated heterocycles. The van der Waals surface area contributed by atoms with Crippen LogP contribution in [-0.4, -0.2) is 17.9 Å². The first-order valence-corrected chi connectivity index (χ1v) is 9.02. The van der Waals surface area contributed by atoms with Crippen LogP contribution in [0.15, 0.2) is 65.2 Å². The molecule has 4 heteroatoms. The fourth-order valence-corrected chi connectivity index (χ4v) is 2.96. The molecule has 1 amide bonds. The topological polar surface area (TPSA) is 50.7 Å². The lowest BCUT2D eigenvalue weighted by atomic mass is 10.1. The second-order valence-corrected chi connectivity index (χ2v) is 6.59. The SMILES string of the molecule is CC(C)OC(=O)Nc1ccccc1N=C1CCC/C1=C/c1ccccc1. The largest absolute Gasteiger partial charge is 0.447 e. The zero-order valence-corrected chi connectivity index (χ0v) is 15.2. The number of carbonyl (C=O) groups is 1. The van der Waals surface area contributed by atoms with Crippen molar-refractivity contribution in [2.75, 3.05) is 5.32 Å². The van der Waals surface area contributed by atoms with Crippen LogP contribution in [0.3, 0.4) is 0 Å². The molecule has 0 aromatic heterocycles. The molecule has 134 valence electrons. The van der Waals surface area contributed by atoms with Crippen molar-refractivity contribution in [2.24, 2.45) is 4.99 Å². The number of nitrogens with one attached hydrogen (secondary N) is 1. The number of carbonyl (C=O) groups excluding carboxylic acids is 1. The highest BCUT2D eigenvalue weighted by atomic mass is 16.6. The zero-order valence-electron chi connectivity index (χ0n) is 15.2. The lowest BCUT2D eigenvalue weighted by Crippen LogP contribution is -2.18. The quantitative estimate of drug-likeness (QED) is 0.738. The molecule has 2 aromatic rings. The number of anilines is 1. The van der Waals surface area contributed by atoms with Gasteiger partial charge in [0.05, 0.1) is 17.5 Å². The van der Waals surface area contributed by atoms with E-state index in [9.17, 15) is 4.79 Å². The fraction of sp³-hybridized carbons (Fsp3) is 0.273. The van der Waals surface area contributed by atoms with Crippen LogP contribution < -0.4 is 5.32 Å². The number of nitrogens with zero attached hydrogens (tertiary/aromatic N) is 1. The van der Waals surface area contributed by atoms with E-state index in [4.69, 9.17) is 9.73 Å². The minimum Gasteiger partial charge on any atom is -0.447 e. The predicted molar refractivity (Wildman–Crippen MR) is 107 cm³/mol. The van der Waals surface area contributed by atoms with E-state index in [1.54, 1.807) is 0 Å². The molecule has 0 bridgehead atoms. The number of hydrogen-bond acceptors (Lipinski definition) is 3. The number of hydrogen-bond donors (Lipinski definition) is 1. The van der Waals surface area contributed by atoms with Crippen molar-refractivity contribution in [1.29, 1.82) is 0 Å². The third-order valence-electron chi connectivity index (χ3n) is 4.11. The summed E-state index contributed by atoms with van der Waals surface area (Å²) in [6.07, 6.45) is 4.65. The smallest absolute Gasteiger partial charge is 0.411 e. The maximum absolute atomic E-state index is 11.9.